The zero-order chi connectivity index (χ0) is 16.4. The second-order valence-electron chi connectivity index (χ2n) is 5.45. The fourth-order valence-corrected chi connectivity index (χ4v) is 3.27. The highest BCUT2D eigenvalue weighted by atomic mass is 79.9. The summed E-state index contributed by atoms with van der Waals surface area (Å²) in [5, 5.41) is 0. The second kappa shape index (κ2) is 6.57. The van der Waals surface area contributed by atoms with Crippen LogP contribution in [0.1, 0.15) is 0 Å². The molecule has 0 saturated heterocycles. The fourth-order valence-electron chi connectivity index (χ4n) is 2.81. The number of halogens is 1. The van der Waals surface area contributed by atoms with E-state index >= 15 is 0 Å². The van der Waals surface area contributed by atoms with Crippen molar-refractivity contribution in [2.45, 2.75) is 0 Å². The van der Waals surface area contributed by atoms with Crippen molar-refractivity contribution in [2.75, 3.05) is 18.1 Å². The lowest BCUT2D eigenvalue weighted by atomic mass is 10.1. The fraction of sp³-hybridized carbons (Fsp3) is 0.100. The molecule has 0 fully saturated rings. The van der Waals surface area contributed by atoms with E-state index in [4.69, 9.17) is 9.47 Å². The lowest BCUT2D eigenvalue weighted by Gasteiger charge is -2.28. The van der Waals surface area contributed by atoms with Gasteiger partial charge in [0.25, 0.3) is 0 Å². The molecule has 1 heterocycles. The Hall–Kier alpha value is -2.46. The van der Waals surface area contributed by atoms with E-state index in [0.29, 0.717) is 13.2 Å². The summed E-state index contributed by atoms with van der Waals surface area (Å²) in [4.78, 5) is 2.20. The van der Waals surface area contributed by atoms with Gasteiger partial charge in [-0.15, -0.1) is 0 Å². The van der Waals surface area contributed by atoms with Crippen molar-refractivity contribution in [3.05, 3.63) is 77.3 Å². The summed E-state index contributed by atoms with van der Waals surface area (Å²) in [6.45, 7) is 1.18. The smallest absolute Gasteiger partial charge is 0.163 e. The molecule has 0 radical (unpaired) electrons. The SMILES string of the molecule is Brc1ccccc1N(c1ccccc1)c1ccc2c(c1)OCCO2. The zero-order valence-corrected chi connectivity index (χ0v) is 14.6. The Morgan fingerprint density at radius 3 is 2.21 bits per heavy atom. The van der Waals surface area contributed by atoms with Crippen LogP contribution in [0.5, 0.6) is 11.5 Å². The minimum Gasteiger partial charge on any atom is -0.486 e. The third-order valence-corrected chi connectivity index (χ3v) is 4.56. The van der Waals surface area contributed by atoms with Crippen molar-refractivity contribution in [1.82, 2.24) is 0 Å². The zero-order valence-electron chi connectivity index (χ0n) is 13.0. The molecule has 3 aromatic rings. The number of nitrogens with zero attached hydrogens (tertiary/aromatic N) is 1. The van der Waals surface area contributed by atoms with Crippen molar-refractivity contribution in [1.29, 1.82) is 0 Å². The van der Waals surface area contributed by atoms with Crippen LogP contribution in [0, 0.1) is 0 Å². The van der Waals surface area contributed by atoms with Crippen molar-refractivity contribution in [3.63, 3.8) is 0 Å². The Kier molecular flexibility index (Phi) is 4.13. The van der Waals surface area contributed by atoms with Crippen molar-refractivity contribution >= 4 is 33.0 Å². The molecule has 1 aliphatic rings. The lowest BCUT2D eigenvalue weighted by Crippen LogP contribution is -2.16. The maximum atomic E-state index is 5.75. The molecule has 0 saturated carbocycles. The number of ether oxygens (including phenoxy) is 2. The highest BCUT2D eigenvalue weighted by molar-refractivity contribution is 9.10. The van der Waals surface area contributed by atoms with E-state index in [1.54, 1.807) is 0 Å². The number of para-hydroxylation sites is 2. The summed E-state index contributed by atoms with van der Waals surface area (Å²) >= 11 is 3.67. The Balaban J connectivity index is 1.86. The Morgan fingerprint density at radius 2 is 1.42 bits per heavy atom. The summed E-state index contributed by atoms with van der Waals surface area (Å²) in [5.74, 6) is 1.58. The number of hydrogen-bond acceptors (Lipinski definition) is 3. The van der Waals surface area contributed by atoms with E-state index in [1.165, 1.54) is 0 Å². The van der Waals surface area contributed by atoms with Gasteiger partial charge in [-0.3, -0.25) is 0 Å². The first-order valence-corrected chi connectivity index (χ1v) is 8.61. The predicted molar refractivity (Wildman–Crippen MR) is 99.8 cm³/mol. The molecule has 0 unspecified atom stereocenters. The van der Waals surface area contributed by atoms with Gasteiger partial charge in [0.2, 0.25) is 0 Å². The first-order chi connectivity index (χ1) is 11.8. The summed E-state index contributed by atoms with van der Waals surface area (Å²) in [7, 11) is 0. The van der Waals surface area contributed by atoms with Crippen molar-refractivity contribution in [2.24, 2.45) is 0 Å². The highest BCUT2D eigenvalue weighted by Gasteiger charge is 2.18. The van der Waals surface area contributed by atoms with Gasteiger partial charge in [-0.05, 0) is 52.3 Å². The molecule has 0 spiro atoms. The Bertz CT molecular complexity index is 851. The third kappa shape index (κ3) is 2.85. The molecular weight excluding hydrogens is 366 g/mol. The summed E-state index contributed by atoms with van der Waals surface area (Å²) in [6.07, 6.45) is 0. The van der Waals surface area contributed by atoms with Crippen LogP contribution in [0.2, 0.25) is 0 Å². The molecule has 0 bridgehead atoms. The number of fused-ring (bicyclic) bond motifs is 1. The van der Waals surface area contributed by atoms with Crippen LogP contribution < -0.4 is 14.4 Å². The summed E-state index contributed by atoms with van der Waals surface area (Å²) in [5.41, 5.74) is 3.18. The minimum absolute atomic E-state index is 0.580. The molecule has 0 amide bonds. The van der Waals surface area contributed by atoms with Crippen LogP contribution in [0.15, 0.2) is 77.3 Å². The van der Waals surface area contributed by atoms with Gasteiger partial charge >= 0.3 is 0 Å². The third-order valence-electron chi connectivity index (χ3n) is 3.89. The molecule has 0 atom stereocenters. The molecule has 3 nitrogen and oxygen atoms in total. The number of anilines is 3. The van der Waals surface area contributed by atoms with Gasteiger partial charge in [0, 0.05) is 16.2 Å². The monoisotopic (exact) mass is 381 g/mol. The molecule has 0 aromatic heterocycles. The summed E-state index contributed by atoms with van der Waals surface area (Å²) in [6, 6.07) is 24.5. The van der Waals surface area contributed by atoms with Crippen LogP contribution >= 0.6 is 15.9 Å². The molecule has 120 valence electrons. The minimum atomic E-state index is 0.580. The number of rotatable bonds is 3. The van der Waals surface area contributed by atoms with Crippen LogP contribution in [0.4, 0.5) is 17.1 Å². The van der Waals surface area contributed by atoms with E-state index in [9.17, 15) is 0 Å². The average Bonchev–Trinajstić information content (AvgIpc) is 2.64. The van der Waals surface area contributed by atoms with Gasteiger partial charge in [0.15, 0.2) is 11.5 Å². The Labute approximate surface area is 149 Å². The molecule has 0 N–H and O–H groups in total. The first-order valence-electron chi connectivity index (χ1n) is 7.82. The molecule has 3 aromatic carbocycles. The highest BCUT2D eigenvalue weighted by Crippen LogP contribution is 2.42. The van der Waals surface area contributed by atoms with Gasteiger partial charge < -0.3 is 14.4 Å². The maximum absolute atomic E-state index is 5.75. The van der Waals surface area contributed by atoms with Crippen molar-refractivity contribution in [3.8, 4) is 11.5 Å². The standard InChI is InChI=1S/C20H16BrNO2/c21-17-8-4-5-9-18(17)22(15-6-2-1-3-7-15)16-10-11-19-20(14-16)24-13-12-23-19/h1-11,14H,12-13H2. The van der Waals surface area contributed by atoms with Gasteiger partial charge in [0.1, 0.15) is 13.2 Å². The normalized spacial score (nSPS) is 12.7. The second-order valence-corrected chi connectivity index (χ2v) is 6.30. The molecule has 4 rings (SSSR count). The van der Waals surface area contributed by atoms with E-state index in [0.717, 1.165) is 33.0 Å². The van der Waals surface area contributed by atoms with E-state index in [-0.39, 0.29) is 0 Å². The number of hydrogen-bond donors (Lipinski definition) is 0. The average molecular weight is 382 g/mol. The van der Waals surface area contributed by atoms with Gasteiger partial charge in [0.05, 0.1) is 11.4 Å². The molecule has 1 aliphatic heterocycles. The van der Waals surface area contributed by atoms with E-state index in [1.807, 2.05) is 48.5 Å². The Morgan fingerprint density at radius 1 is 0.708 bits per heavy atom. The van der Waals surface area contributed by atoms with E-state index in [2.05, 4.69) is 45.1 Å². The largest absolute Gasteiger partial charge is 0.486 e. The molecule has 4 heteroatoms. The van der Waals surface area contributed by atoms with Crippen LogP contribution in [0.3, 0.4) is 0 Å². The molecule has 0 aliphatic carbocycles. The van der Waals surface area contributed by atoms with Gasteiger partial charge in [-0.2, -0.15) is 0 Å². The van der Waals surface area contributed by atoms with Gasteiger partial charge in [-0.25, -0.2) is 0 Å². The summed E-state index contributed by atoms with van der Waals surface area (Å²) < 4.78 is 12.4. The molecule has 24 heavy (non-hydrogen) atoms. The van der Waals surface area contributed by atoms with E-state index < -0.39 is 0 Å². The lowest BCUT2D eigenvalue weighted by molar-refractivity contribution is 0.171. The van der Waals surface area contributed by atoms with Crippen molar-refractivity contribution < 1.29 is 9.47 Å². The first kappa shape index (κ1) is 15.1. The number of benzene rings is 3. The maximum Gasteiger partial charge on any atom is 0.163 e. The molecular formula is C20H16BrNO2. The van der Waals surface area contributed by atoms with Crippen LogP contribution in [0.25, 0.3) is 0 Å². The predicted octanol–water partition coefficient (Wildman–Crippen LogP) is 5.69. The van der Waals surface area contributed by atoms with Crippen LogP contribution in [-0.2, 0) is 0 Å². The topological polar surface area (TPSA) is 21.7 Å². The quantitative estimate of drug-likeness (QED) is 0.581. The van der Waals surface area contributed by atoms with Crippen LogP contribution in [-0.4, -0.2) is 13.2 Å². The van der Waals surface area contributed by atoms with Gasteiger partial charge in [-0.1, -0.05) is 30.3 Å².